The van der Waals surface area contributed by atoms with Crippen molar-refractivity contribution in [3.05, 3.63) is 12.2 Å². The Balaban J connectivity index is 2.18. The number of carboxylic acids is 1. The zero-order chi connectivity index (χ0) is 17.9. The molecule has 0 spiro atoms. The molecule has 0 unspecified atom stereocenters. The number of hydrogen-bond acceptors (Lipinski definition) is 5. The minimum Gasteiger partial charge on any atom is -0.481 e. The van der Waals surface area contributed by atoms with Gasteiger partial charge in [-0.3, -0.25) is 4.79 Å². The van der Waals surface area contributed by atoms with Gasteiger partial charge in [0.15, 0.2) is 0 Å². The van der Waals surface area contributed by atoms with Gasteiger partial charge in [-0.2, -0.15) is 0 Å². The summed E-state index contributed by atoms with van der Waals surface area (Å²) in [4.78, 5) is 10.4. The van der Waals surface area contributed by atoms with Crippen LogP contribution in [0, 0.1) is 0 Å². The first-order chi connectivity index (χ1) is 11.4. The molecule has 0 bridgehead atoms. The topological polar surface area (TPSA) is 107 Å². The van der Waals surface area contributed by atoms with Crippen LogP contribution in [0.15, 0.2) is 12.2 Å². The molecule has 0 amide bonds. The smallest absolute Gasteiger partial charge is 0.303 e. The first-order valence-electron chi connectivity index (χ1n) is 9.03. The van der Waals surface area contributed by atoms with Gasteiger partial charge >= 0.3 is 5.97 Å². The van der Waals surface area contributed by atoms with Crippen molar-refractivity contribution >= 4 is 5.97 Å². The van der Waals surface area contributed by atoms with E-state index in [4.69, 9.17) is 9.84 Å². The number of unbranched alkanes of at least 4 members (excludes halogenated alkanes) is 4. The fourth-order valence-corrected chi connectivity index (χ4v) is 2.86. The standard InChI is InChI=1S/C18H32O6/c1-2-13(19)10-11-16-15(21)12-17(24-16)14(20)8-6-4-3-5-7-9-18(22)23/h10-11,13-17,19-21H,2-9,12H2,1H3,(H,22,23)/b11-10+/t13-,14+,15-,16+,17-/m1/s1. The van der Waals surface area contributed by atoms with Gasteiger partial charge in [-0.15, -0.1) is 0 Å². The third-order valence-corrected chi connectivity index (χ3v) is 4.45. The van der Waals surface area contributed by atoms with Crippen LogP contribution >= 0.6 is 0 Å². The molecule has 6 heteroatoms. The number of aliphatic hydroxyl groups is 3. The second kappa shape index (κ2) is 11.6. The summed E-state index contributed by atoms with van der Waals surface area (Å²) in [5.41, 5.74) is 0. The van der Waals surface area contributed by atoms with Crippen LogP contribution in [0.2, 0.25) is 0 Å². The van der Waals surface area contributed by atoms with Crippen molar-refractivity contribution in [1.82, 2.24) is 0 Å². The highest BCUT2D eigenvalue weighted by Crippen LogP contribution is 2.26. The molecule has 1 aliphatic rings. The number of rotatable bonds is 12. The van der Waals surface area contributed by atoms with Crippen molar-refractivity contribution < 1.29 is 30.0 Å². The lowest BCUT2D eigenvalue weighted by molar-refractivity contribution is -0.137. The molecule has 1 rings (SSSR count). The number of aliphatic carboxylic acids is 1. The van der Waals surface area contributed by atoms with Crippen LogP contribution in [-0.4, -0.2) is 56.9 Å². The monoisotopic (exact) mass is 344 g/mol. The Kier molecular flexibility index (Phi) is 10.2. The van der Waals surface area contributed by atoms with Crippen LogP contribution in [0.4, 0.5) is 0 Å². The molecule has 0 aromatic heterocycles. The zero-order valence-corrected chi connectivity index (χ0v) is 14.5. The van der Waals surface area contributed by atoms with Gasteiger partial charge in [0, 0.05) is 12.8 Å². The van der Waals surface area contributed by atoms with E-state index >= 15 is 0 Å². The molecule has 4 N–H and O–H groups in total. The Morgan fingerprint density at radius 2 is 1.88 bits per heavy atom. The van der Waals surface area contributed by atoms with Gasteiger partial charge < -0.3 is 25.2 Å². The molecule has 1 saturated heterocycles. The average molecular weight is 344 g/mol. The number of hydrogen-bond donors (Lipinski definition) is 4. The van der Waals surface area contributed by atoms with Crippen molar-refractivity contribution in [3.63, 3.8) is 0 Å². The second-order valence-electron chi connectivity index (χ2n) is 6.57. The summed E-state index contributed by atoms with van der Waals surface area (Å²) < 4.78 is 5.69. The molecule has 0 aromatic carbocycles. The van der Waals surface area contributed by atoms with Gasteiger partial charge in [0.1, 0.15) is 6.10 Å². The Bertz CT molecular complexity index is 384. The molecule has 1 fully saturated rings. The predicted octanol–water partition coefficient (Wildman–Crippen LogP) is 2.01. The van der Waals surface area contributed by atoms with E-state index < -0.39 is 30.4 Å². The summed E-state index contributed by atoms with van der Waals surface area (Å²) in [6.45, 7) is 1.87. The first kappa shape index (κ1) is 21.1. The molecule has 0 radical (unpaired) electrons. The maximum atomic E-state index is 10.4. The van der Waals surface area contributed by atoms with Gasteiger partial charge in [-0.25, -0.2) is 0 Å². The van der Waals surface area contributed by atoms with E-state index in [-0.39, 0.29) is 12.5 Å². The molecule has 24 heavy (non-hydrogen) atoms. The molecule has 140 valence electrons. The van der Waals surface area contributed by atoms with Crippen LogP contribution in [-0.2, 0) is 9.53 Å². The maximum absolute atomic E-state index is 10.4. The number of aliphatic hydroxyl groups excluding tert-OH is 3. The third-order valence-electron chi connectivity index (χ3n) is 4.45. The van der Waals surface area contributed by atoms with Gasteiger partial charge in [0.05, 0.1) is 24.4 Å². The van der Waals surface area contributed by atoms with E-state index in [2.05, 4.69) is 0 Å². The van der Waals surface area contributed by atoms with Crippen molar-refractivity contribution in [3.8, 4) is 0 Å². The van der Waals surface area contributed by atoms with Crippen LogP contribution in [0.25, 0.3) is 0 Å². The molecular weight excluding hydrogens is 312 g/mol. The van der Waals surface area contributed by atoms with Gasteiger partial charge in [-0.1, -0.05) is 44.8 Å². The summed E-state index contributed by atoms with van der Waals surface area (Å²) in [6, 6.07) is 0. The van der Waals surface area contributed by atoms with Crippen LogP contribution in [0.5, 0.6) is 0 Å². The summed E-state index contributed by atoms with van der Waals surface area (Å²) in [6.07, 6.45) is 6.89. The van der Waals surface area contributed by atoms with Crippen LogP contribution in [0.1, 0.15) is 64.7 Å². The lowest BCUT2D eigenvalue weighted by Crippen LogP contribution is -2.26. The minimum atomic E-state index is -0.752. The highest BCUT2D eigenvalue weighted by molar-refractivity contribution is 5.66. The quantitative estimate of drug-likeness (QED) is 0.319. The Morgan fingerprint density at radius 1 is 1.21 bits per heavy atom. The van der Waals surface area contributed by atoms with Gasteiger partial charge in [0.25, 0.3) is 0 Å². The van der Waals surface area contributed by atoms with Gasteiger partial charge in [-0.05, 0) is 19.3 Å². The van der Waals surface area contributed by atoms with E-state index in [0.717, 1.165) is 25.7 Å². The Morgan fingerprint density at radius 3 is 2.54 bits per heavy atom. The predicted molar refractivity (Wildman–Crippen MR) is 90.7 cm³/mol. The normalized spacial score (nSPS) is 26.8. The Hall–Kier alpha value is -0.950. The minimum absolute atomic E-state index is 0.220. The lowest BCUT2D eigenvalue weighted by atomic mass is 10.0. The Labute approximate surface area is 144 Å². The van der Waals surface area contributed by atoms with E-state index in [1.807, 2.05) is 6.92 Å². The van der Waals surface area contributed by atoms with Crippen molar-refractivity contribution in [2.45, 2.75) is 95.2 Å². The van der Waals surface area contributed by atoms with E-state index in [0.29, 0.717) is 25.7 Å². The summed E-state index contributed by atoms with van der Waals surface area (Å²) in [7, 11) is 0. The molecule has 0 aliphatic carbocycles. The van der Waals surface area contributed by atoms with Crippen LogP contribution in [0.3, 0.4) is 0 Å². The van der Waals surface area contributed by atoms with Crippen LogP contribution < -0.4 is 0 Å². The molecule has 0 aromatic rings. The fourth-order valence-electron chi connectivity index (χ4n) is 2.86. The second-order valence-corrected chi connectivity index (χ2v) is 6.57. The molecule has 1 aliphatic heterocycles. The molecule has 6 nitrogen and oxygen atoms in total. The van der Waals surface area contributed by atoms with E-state index in [1.165, 1.54) is 0 Å². The fraction of sp³-hybridized carbons (Fsp3) is 0.833. The SMILES string of the molecule is CC[C@@H](O)/C=C/[C@@H]1O[C@@H]([C@@H](O)CCCCCCCC(=O)O)C[C@H]1O. The van der Waals surface area contributed by atoms with E-state index in [9.17, 15) is 20.1 Å². The highest BCUT2D eigenvalue weighted by Gasteiger charge is 2.36. The highest BCUT2D eigenvalue weighted by atomic mass is 16.5. The van der Waals surface area contributed by atoms with E-state index in [1.54, 1.807) is 12.2 Å². The van der Waals surface area contributed by atoms with Gasteiger partial charge in [0.2, 0.25) is 0 Å². The molecule has 0 saturated carbocycles. The molecule has 5 atom stereocenters. The van der Waals surface area contributed by atoms with Crippen molar-refractivity contribution in [2.24, 2.45) is 0 Å². The lowest BCUT2D eigenvalue weighted by Gasteiger charge is -2.18. The summed E-state index contributed by atoms with van der Waals surface area (Å²) >= 11 is 0. The number of carboxylic acid groups (broad SMARTS) is 1. The average Bonchev–Trinajstić information content (AvgIpc) is 2.92. The summed E-state index contributed by atoms with van der Waals surface area (Å²) in [5.74, 6) is -0.752. The first-order valence-corrected chi connectivity index (χ1v) is 9.03. The van der Waals surface area contributed by atoms with Crippen molar-refractivity contribution in [1.29, 1.82) is 0 Å². The third kappa shape index (κ3) is 8.24. The summed E-state index contributed by atoms with van der Waals surface area (Å²) in [5, 5.41) is 38.2. The molecular formula is C18H32O6. The largest absolute Gasteiger partial charge is 0.481 e. The number of ether oxygens (including phenoxy) is 1. The zero-order valence-electron chi connectivity index (χ0n) is 14.5. The van der Waals surface area contributed by atoms with Crippen molar-refractivity contribution in [2.75, 3.05) is 0 Å². The number of carbonyl (C=O) groups is 1. The maximum Gasteiger partial charge on any atom is 0.303 e. The molecule has 1 heterocycles.